The molecule has 2 aromatic rings. The van der Waals surface area contributed by atoms with Crippen LogP contribution in [-0.2, 0) is 9.53 Å². The van der Waals surface area contributed by atoms with Crippen molar-refractivity contribution in [3.05, 3.63) is 71.6 Å². The normalized spacial score (nSPS) is 17.7. The predicted molar refractivity (Wildman–Crippen MR) is 105 cm³/mol. The summed E-state index contributed by atoms with van der Waals surface area (Å²) in [5.41, 5.74) is 0.428. The van der Waals surface area contributed by atoms with E-state index < -0.39 is 24.7 Å². The first-order valence-electron chi connectivity index (χ1n) is 8.97. The average molecular weight is 458 g/mol. The summed E-state index contributed by atoms with van der Waals surface area (Å²) in [7, 11) is 0. The molecule has 164 valence electrons. The molecular formula is C20H16ClF4N3O3. The molecule has 0 spiro atoms. The van der Waals surface area contributed by atoms with Crippen molar-refractivity contribution in [1.29, 1.82) is 0 Å². The molecule has 0 radical (unpaired) electrons. The lowest BCUT2D eigenvalue weighted by molar-refractivity contribution is -0.319. The number of aromatic nitrogens is 2. The van der Waals surface area contributed by atoms with Gasteiger partial charge in [0.1, 0.15) is 5.82 Å². The van der Waals surface area contributed by atoms with Gasteiger partial charge >= 0.3 is 6.36 Å². The summed E-state index contributed by atoms with van der Waals surface area (Å²) in [6, 6.07) is 4.01. The molecule has 6 nitrogen and oxygen atoms in total. The maximum absolute atomic E-state index is 14.2. The Hall–Kier alpha value is -2.98. The quantitative estimate of drug-likeness (QED) is 0.430. The second-order valence-electron chi connectivity index (χ2n) is 6.47. The number of allylic oxidation sites excluding steroid dienone is 4. The van der Waals surface area contributed by atoms with E-state index in [-0.39, 0.29) is 41.3 Å². The third-order valence-corrected chi connectivity index (χ3v) is 4.55. The van der Waals surface area contributed by atoms with Crippen molar-refractivity contribution < 1.29 is 31.6 Å². The van der Waals surface area contributed by atoms with E-state index in [1.165, 1.54) is 35.3 Å². The number of rotatable bonds is 7. The van der Waals surface area contributed by atoms with E-state index in [1.807, 2.05) is 0 Å². The number of carbonyl (C=O) groups excluding carboxylic acids is 1. The fourth-order valence-corrected chi connectivity index (χ4v) is 3.13. The zero-order valence-electron chi connectivity index (χ0n) is 15.9. The Balaban J connectivity index is 1.73. The fourth-order valence-electron chi connectivity index (χ4n) is 2.97. The lowest BCUT2D eigenvalue weighted by Crippen LogP contribution is -2.25. The molecule has 0 aliphatic carbocycles. The monoisotopic (exact) mass is 457 g/mol. The number of halogens is 5. The Morgan fingerprint density at radius 1 is 1.42 bits per heavy atom. The van der Waals surface area contributed by atoms with Crippen LogP contribution >= 0.6 is 11.6 Å². The van der Waals surface area contributed by atoms with Gasteiger partial charge in [-0.1, -0.05) is 47.6 Å². The summed E-state index contributed by atoms with van der Waals surface area (Å²) in [5.74, 6) is -1.18. The topological polar surface area (TPSA) is 68.5 Å². The summed E-state index contributed by atoms with van der Waals surface area (Å²) < 4.78 is 59.3. The van der Waals surface area contributed by atoms with Crippen LogP contribution in [0.15, 0.2) is 53.6 Å². The lowest BCUT2D eigenvalue weighted by atomic mass is 10.1. The van der Waals surface area contributed by atoms with E-state index >= 15 is 0 Å². The molecule has 31 heavy (non-hydrogen) atoms. The number of anilines is 1. The van der Waals surface area contributed by atoms with E-state index in [1.54, 1.807) is 0 Å². The van der Waals surface area contributed by atoms with Gasteiger partial charge < -0.3 is 9.42 Å². The van der Waals surface area contributed by atoms with E-state index in [0.717, 1.165) is 12.1 Å². The second-order valence-corrected chi connectivity index (χ2v) is 6.91. The first-order valence-corrected chi connectivity index (χ1v) is 9.35. The van der Waals surface area contributed by atoms with Crippen LogP contribution in [-0.4, -0.2) is 35.6 Å². The molecule has 1 atom stereocenters. The Kier molecular flexibility index (Phi) is 6.91. The number of nitrogens with zero attached hydrogens (tertiary/aromatic N) is 3. The van der Waals surface area contributed by atoms with Crippen LogP contribution in [0.3, 0.4) is 0 Å². The summed E-state index contributed by atoms with van der Waals surface area (Å²) >= 11 is 5.75. The van der Waals surface area contributed by atoms with Gasteiger partial charge in [0.15, 0.2) is 0 Å². The molecule has 11 heteroatoms. The molecule has 0 N–H and O–H groups in total. The predicted octanol–water partition coefficient (Wildman–Crippen LogP) is 5.04. The van der Waals surface area contributed by atoms with Gasteiger partial charge in [0.2, 0.25) is 17.6 Å². The number of ether oxygens (including phenoxy) is 1. The molecule has 3 rings (SSSR count). The van der Waals surface area contributed by atoms with Gasteiger partial charge in [-0.2, -0.15) is 4.98 Å². The highest BCUT2D eigenvalue weighted by atomic mass is 35.5. The average Bonchev–Trinajstić information content (AvgIpc) is 3.31. The number of hydrogen-bond donors (Lipinski definition) is 0. The van der Waals surface area contributed by atoms with E-state index in [9.17, 15) is 22.4 Å². The molecule has 2 heterocycles. The van der Waals surface area contributed by atoms with Crippen molar-refractivity contribution in [3.63, 3.8) is 0 Å². The SMILES string of the molecule is C=C/C=C(\C=C/COC(F)(F)F)c1noc(C2CC(=O)N(c3ccc(Cl)cc3F)C2)n1. The van der Waals surface area contributed by atoms with E-state index in [2.05, 4.69) is 21.5 Å². The van der Waals surface area contributed by atoms with Crippen LogP contribution in [0, 0.1) is 5.82 Å². The zero-order chi connectivity index (χ0) is 22.6. The maximum atomic E-state index is 14.2. The number of carbonyl (C=O) groups is 1. The minimum atomic E-state index is -4.74. The van der Waals surface area contributed by atoms with Gasteiger partial charge in [0.25, 0.3) is 0 Å². The van der Waals surface area contributed by atoms with Crippen molar-refractivity contribution in [2.75, 3.05) is 18.1 Å². The third-order valence-electron chi connectivity index (χ3n) is 4.31. The van der Waals surface area contributed by atoms with Crippen LogP contribution in [0.1, 0.15) is 24.1 Å². The van der Waals surface area contributed by atoms with Gasteiger partial charge in [-0.3, -0.25) is 9.53 Å². The van der Waals surface area contributed by atoms with Crippen LogP contribution in [0.4, 0.5) is 23.2 Å². The molecule has 1 aliphatic rings. The minimum Gasteiger partial charge on any atom is -0.339 e. The van der Waals surface area contributed by atoms with Crippen LogP contribution < -0.4 is 4.90 Å². The van der Waals surface area contributed by atoms with Gasteiger partial charge in [-0.15, -0.1) is 13.2 Å². The molecule has 1 saturated heterocycles. The highest BCUT2D eigenvalue weighted by Gasteiger charge is 2.36. The Morgan fingerprint density at radius 2 is 2.19 bits per heavy atom. The van der Waals surface area contributed by atoms with Gasteiger partial charge in [0, 0.05) is 23.6 Å². The third kappa shape index (κ3) is 5.80. The Labute approximate surface area is 179 Å². The van der Waals surface area contributed by atoms with Gasteiger partial charge in [0.05, 0.1) is 18.2 Å². The summed E-state index contributed by atoms with van der Waals surface area (Å²) in [4.78, 5) is 17.9. The fraction of sp³-hybridized carbons (Fsp3) is 0.250. The smallest absolute Gasteiger partial charge is 0.339 e. The molecule has 1 unspecified atom stereocenters. The first kappa shape index (κ1) is 22.7. The van der Waals surface area contributed by atoms with Gasteiger partial charge in [-0.05, 0) is 18.2 Å². The molecule has 1 amide bonds. The largest absolute Gasteiger partial charge is 0.522 e. The van der Waals surface area contributed by atoms with Crippen LogP contribution in [0.5, 0.6) is 0 Å². The van der Waals surface area contributed by atoms with E-state index in [0.29, 0.717) is 5.57 Å². The zero-order valence-corrected chi connectivity index (χ0v) is 16.7. The molecule has 0 saturated carbocycles. The highest BCUT2D eigenvalue weighted by Crippen LogP contribution is 2.33. The maximum Gasteiger partial charge on any atom is 0.522 e. The van der Waals surface area contributed by atoms with Gasteiger partial charge in [-0.25, -0.2) is 4.39 Å². The second kappa shape index (κ2) is 9.44. The molecule has 1 aromatic carbocycles. The summed E-state index contributed by atoms with van der Waals surface area (Å²) in [6.07, 6.45) is 0.647. The Morgan fingerprint density at radius 3 is 2.87 bits per heavy atom. The summed E-state index contributed by atoms with van der Waals surface area (Å²) in [6.45, 7) is 2.97. The standard InChI is InChI=1S/C20H16ClF4N3O3/c1-2-4-12(5-3-8-30-20(23,24)25)18-26-19(31-27-18)13-9-17(29)28(11-13)16-7-6-14(21)10-15(16)22/h2-7,10,13H,1,8-9,11H2/b5-3-,12-4+. The molecule has 1 aromatic heterocycles. The lowest BCUT2D eigenvalue weighted by Gasteiger charge is -2.16. The van der Waals surface area contributed by atoms with E-state index in [4.69, 9.17) is 16.1 Å². The van der Waals surface area contributed by atoms with Crippen molar-refractivity contribution in [2.45, 2.75) is 18.7 Å². The number of alkyl halides is 3. The van der Waals surface area contributed by atoms with Crippen molar-refractivity contribution in [2.24, 2.45) is 0 Å². The molecule has 0 bridgehead atoms. The van der Waals surface area contributed by atoms with Crippen molar-refractivity contribution in [3.8, 4) is 0 Å². The molecule has 1 fully saturated rings. The minimum absolute atomic E-state index is 0.0272. The molecular weight excluding hydrogens is 442 g/mol. The van der Waals surface area contributed by atoms with Crippen LogP contribution in [0.2, 0.25) is 5.02 Å². The number of amides is 1. The highest BCUT2D eigenvalue weighted by molar-refractivity contribution is 6.30. The number of hydrogen-bond acceptors (Lipinski definition) is 5. The van der Waals surface area contributed by atoms with Crippen molar-refractivity contribution >= 4 is 28.8 Å². The number of benzene rings is 1. The van der Waals surface area contributed by atoms with Crippen LogP contribution in [0.25, 0.3) is 5.57 Å². The Bertz CT molecular complexity index is 1030. The first-order chi connectivity index (χ1) is 14.7. The molecule has 1 aliphatic heterocycles. The van der Waals surface area contributed by atoms with Crippen molar-refractivity contribution in [1.82, 2.24) is 10.1 Å². The summed E-state index contributed by atoms with van der Waals surface area (Å²) in [5, 5.41) is 4.03.